The Morgan fingerprint density at radius 2 is 2.05 bits per heavy atom. The summed E-state index contributed by atoms with van der Waals surface area (Å²) in [5.41, 5.74) is 0.165. The number of phenolic OH excluding ortho intramolecular Hbond substituents is 1. The van der Waals surface area contributed by atoms with Gasteiger partial charge in [-0.25, -0.2) is 0 Å². The summed E-state index contributed by atoms with van der Waals surface area (Å²) in [5, 5.41) is 12.4. The van der Waals surface area contributed by atoms with Gasteiger partial charge >= 0.3 is 0 Å². The van der Waals surface area contributed by atoms with Gasteiger partial charge in [-0.3, -0.25) is 9.59 Å². The summed E-state index contributed by atoms with van der Waals surface area (Å²) >= 11 is 3.24. The summed E-state index contributed by atoms with van der Waals surface area (Å²) in [6, 6.07) is 4.60. The molecule has 1 aromatic rings. The van der Waals surface area contributed by atoms with Gasteiger partial charge in [0.05, 0.1) is 12.1 Å². The minimum atomic E-state index is -0.400. The molecule has 6 heteroatoms. The zero-order valence-corrected chi connectivity index (χ0v) is 13.4. The van der Waals surface area contributed by atoms with E-state index in [4.69, 9.17) is 0 Å². The normalized spacial score (nSPS) is 10.4. The van der Waals surface area contributed by atoms with Crippen LogP contribution in [0.3, 0.4) is 0 Å². The SMILES string of the molecule is CC(C)CNC(=O)CN(C)C(=O)c1cc(Br)ccc1O. The highest BCUT2D eigenvalue weighted by Gasteiger charge is 2.18. The number of benzene rings is 1. The van der Waals surface area contributed by atoms with Crippen molar-refractivity contribution in [2.24, 2.45) is 5.92 Å². The Morgan fingerprint density at radius 1 is 1.40 bits per heavy atom. The number of hydrogen-bond acceptors (Lipinski definition) is 3. The highest BCUT2D eigenvalue weighted by atomic mass is 79.9. The number of carbonyl (C=O) groups excluding carboxylic acids is 2. The topological polar surface area (TPSA) is 69.6 Å². The predicted molar refractivity (Wildman–Crippen MR) is 80.6 cm³/mol. The van der Waals surface area contributed by atoms with E-state index in [-0.39, 0.29) is 23.8 Å². The van der Waals surface area contributed by atoms with Crippen molar-refractivity contribution in [3.63, 3.8) is 0 Å². The van der Waals surface area contributed by atoms with Gasteiger partial charge in [-0.15, -0.1) is 0 Å². The molecule has 5 nitrogen and oxygen atoms in total. The fourth-order valence-electron chi connectivity index (χ4n) is 1.55. The van der Waals surface area contributed by atoms with Crippen LogP contribution in [0.25, 0.3) is 0 Å². The van der Waals surface area contributed by atoms with Gasteiger partial charge in [-0.1, -0.05) is 29.8 Å². The van der Waals surface area contributed by atoms with Gasteiger partial charge < -0.3 is 15.3 Å². The Labute approximate surface area is 127 Å². The van der Waals surface area contributed by atoms with Crippen LogP contribution >= 0.6 is 15.9 Å². The van der Waals surface area contributed by atoms with Gasteiger partial charge in [0.1, 0.15) is 5.75 Å². The van der Waals surface area contributed by atoms with E-state index in [1.807, 2.05) is 13.8 Å². The van der Waals surface area contributed by atoms with Crippen LogP contribution in [0.1, 0.15) is 24.2 Å². The fourth-order valence-corrected chi connectivity index (χ4v) is 1.91. The molecule has 0 spiro atoms. The van der Waals surface area contributed by atoms with Crippen LogP contribution in [-0.2, 0) is 4.79 Å². The molecule has 20 heavy (non-hydrogen) atoms. The van der Waals surface area contributed by atoms with Crippen LogP contribution in [0.4, 0.5) is 0 Å². The lowest BCUT2D eigenvalue weighted by Gasteiger charge is -2.18. The molecule has 0 aromatic heterocycles. The van der Waals surface area contributed by atoms with Gasteiger partial charge in [-0.2, -0.15) is 0 Å². The molecule has 0 fully saturated rings. The van der Waals surface area contributed by atoms with Crippen molar-refractivity contribution in [2.75, 3.05) is 20.1 Å². The zero-order chi connectivity index (χ0) is 15.3. The quantitative estimate of drug-likeness (QED) is 0.859. The molecule has 1 rings (SSSR count). The van der Waals surface area contributed by atoms with Crippen molar-refractivity contribution >= 4 is 27.7 Å². The van der Waals surface area contributed by atoms with E-state index in [2.05, 4.69) is 21.2 Å². The molecular formula is C14H19BrN2O3. The highest BCUT2D eigenvalue weighted by Crippen LogP contribution is 2.22. The van der Waals surface area contributed by atoms with E-state index in [9.17, 15) is 14.7 Å². The zero-order valence-electron chi connectivity index (χ0n) is 11.8. The number of rotatable bonds is 5. The van der Waals surface area contributed by atoms with Crippen molar-refractivity contribution in [3.8, 4) is 5.75 Å². The van der Waals surface area contributed by atoms with Gasteiger partial charge in [0.2, 0.25) is 5.91 Å². The first-order valence-electron chi connectivity index (χ1n) is 6.32. The Kier molecular flexibility index (Phi) is 6.01. The van der Waals surface area contributed by atoms with Gasteiger partial charge in [-0.05, 0) is 24.1 Å². The molecule has 0 heterocycles. The van der Waals surface area contributed by atoms with Crippen molar-refractivity contribution in [2.45, 2.75) is 13.8 Å². The second kappa shape index (κ2) is 7.28. The first-order chi connectivity index (χ1) is 9.31. The number of hydrogen-bond donors (Lipinski definition) is 2. The largest absolute Gasteiger partial charge is 0.507 e. The van der Waals surface area contributed by atoms with Crippen LogP contribution in [0.2, 0.25) is 0 Å². The molecule has 0 saturated heterocycles. The molecule has 0 unspecified atom stereocenters. The molecule has 1 aromatic carbocycles. The monoisotopic (exact) mass is 342 g/mol. The molecule has 2 N–H and O–H groups in total. The smallest absolute Gasteiger partial charge is 0.257 e. The van der Waals surface area contributed by atoms with Crippen LogP contribution in [-0.4, -0.2) is 42.0 Å². The number of amides is 2. The first-order valence-corrected chi connectivity index (χ1v) is 7.11. The number of nitrogens with zero attached hydrogens (tertiary/aromatic N) is 1. The molecule has 0 bridgehead atoms. The summed E-state index contributed by atoms with van der Waals surface area (Å²) in [6.07, 6.45) is 0. The number of likely N-dealkylation sites (N-methyl/N-ethyl adjacent to an activating group) is 1. The summed E-state index contributed by atoms with van der Waals surface area (Å²) in [7, 11) is 1.53. The van der Waals surface area contributed by atoms with E-state index < -0.39 is 5.91 Å². The van der Waals surface area contributed by atoms with Gasteiger partial charge in [0.25, 0.3) is 5.91 Å². The molecule has 0 radical (unpaired) electrons. The summed E-state index contributed by atoms with van der Waals surface area (Å²) < 4.78 is 0.691. The van der Waals surface area contributed by atoms with Crippen molar-refractivity contribution in [1.82, 2.24) is 10.2 Å². The maximum Gasteiger partial charge on any atom is 0.257 e. The average molecular weight is 343 g/mol. The highest BCUT2D eigenvalue weighted by molar-refractivity contribution is 9.10. The van der Waals surface area contributed by atoms with Crippen LogP contribution in [0.5, 0.6) is 5.75 Å². The number of carbonyl (C=O) groups is 2. The molecule has 0 aliphatic carbocycles. The Hall–Kier alpha value is -1.56. The fraction of sp³-hybridized carbons (Fsp3) is 0.429. The molecule has 0 aliphatic heterocycles. The van der Waals surface area contributed by atoms with E-state index in [0.717, 1.165) is 0 Å². The standard InChI is InChI=1S/C14H19BrN2O3/c1-9(2)7-16-13(19)8-17(3)14(20)11-6-10(15)4-5-12(11)18/h4-6,9,18H,7-8H2,1-3H3,(H,16,19). The lowest BCUT2D eigenvalue weighted by atomic mass is 10.2. The molecule has 2 amide bonds. The van der Waals surface area contributed by atoms with Crippen molar-refractivity contribution in [3.05, 3.63) is 28.2 Å². The second-order valence-corrected chi connectivity index (χ2v) is 5.94. The Bertz CT molecular complexity index is 503. The van der Waals surface area contributed by atoms with Crippen LogP contribution in [0.15, 0.2) is 22.7 Å². The molecule has 0 saturated carbocycles. The van der Waals surface area contributed by atoms with E-state index in [1.54, 1.807) is 6.07 Å². The minimum Gasteiger partial charge on any atom is -0.507 e. The Morgan fingerprint density at radius 3 is 2.65 bits per heavy atom. The van der Waals surface area contributed by atoms with E-state index in [1.165, 1.54) is 24.1 Å². The summed E-state index contributed by atoms with van der Waals surface area (Å²) in [4.78, 5) is 25.1. The molecular weight excluding hydrogens is 324 g/mol. The third-order valence-electron chi connectivity index (χ3n) is 2.62. The first kappa shape index (κ1) is 16.5. The average Bonchev–Trinajstić information content (AvgIpc) is 2.38. The number of phenols is 1. The van der Waals surface area contributed by atoms with Gasteiger partial charge in [0, 0.05) is 18.1 Å². The molecule has 0 aliphatic rings. The third kappa shape index (κ3) is 4.85. The number of halogens is 1. The maximum absolute atomic E-state index is 12.2. The summed E-state index contributed by atoms with van der Waals surface area (Å²) in [5.74, 6) is -0.366. The lowest BCUT2D eigenvalue weighted by Crippen LogP contribution is -2.39. The van der Waals surface area contributed by atoms with Crippen molar-refractivity contribution in [1.29, 1.82) is 0 Å². The molecule has 110 valence electrons. The van der Waals surface area contributed by atoms with E-state index >= 15 is 0 Å². The van der Waals surface area contributed by atoms with Gasteiger partial charge in [0.15, 0.2) is 0 Å². The molecule has 0 atom stereocenters. The predicted octanol–water partition coefficient (Wildman–Crippen LogP) is 2.00. The number of aromatic hydroxyl groups is 1. The second-order valence-electron chi connectivity index (χ2n) is 5.02. The maximum atomic E-state index is 12.2. The Balaban J connectivity index is 2.67. The van der Waals surface area contributed by atoms with E-state index in [0.29, 0.717) is 16.9 Å². The third-order valence-corrected chi connectivity index (χ3v) is 3.12. The lowest BCUT2D eigenvalue weighted by molar-refractivity contribution is -0.121. The van der Waals surface area contributed by atoms with Crippen molar-refractivity contribution < 1.29 is 14.7 Å². The van der Waals surface area contributed by atoms with Crippen LogP contribution in [0, 0.1) is 5.92 Å². The number of nitrogens with one attached hydrogen (secondary N) is 1. The minimum absolute atomic E-state index is 0.0441. The summed E-state index contributed by atoms with van der Waals surface area (Å²) in [6.45, 7) is 4.52. The van der Waals surface area contributed by atoms with Crippen LogP contribution < -0.4 is 5.32 Å².